The number of fused-ring (bicyclic) bond motifs is 1. The number of carboxylic acid groups (broad SMARTS) is 1. The number of aliphatic carboxylic acids is 1. The van der Waals surface area contributed by atoms with Crippen molar-refractivity contribution in [3.05, 3.63) is 47.1 Å². The molecule has 0 radical (unpaired) electrons. The highest BCUT2D eigenvalue weighted by Gasteiger charge is 2.17. The molecule has 142 valence electrons. The fourth-order valence-electron chi connectivity index (χ4n) is 2.63. The zero-order chi connectivity index (χ0) is 19.8. The second-order valence-corrected chi connectivity index (χ2v) is 7.00. The maximum Gasteiger partial charge on any atom is 0.312 e. The first kappa shape index (κ1) is 17.9. The lowest BCUT2D eigenvalue weighted by Gasteiger charge is -2.00. The Morgan fingerprint density at radius 2 is 2.07 bits per heavy atom. The zero-order valence-electron chi connectivity index (χ0n) is 14.4. The number of benzene rings is 1. The monoisotopic (exact) mass is 401 g/mol. The normalized spacial score (nSPS) is 11.2. The van der Waals surface area contributed by atoms with Crippen LogP contribution < -0.4 is 0 Å². The quantitative estimate of drug-likeness (QED) is 0.541. The number of rotatable bonds is 5. The lowest BCUT2D eigenvalue weighted by atomic mass is 10.1. The summed E-state index contributed by atoms with van der Waals surface area (Å²) in [5.41, 5.74) is 1.28. The molecule has 0 aliphatic carbocycles. The van der Waals surface area contributed by atoms with Crippen LogP contribution in [-0.2, 0) is 17.6 Å². The van der Waals surface area contributed by atoms with Crippen molar-refractivity contribution in [1.82, 2.24) is 25.0 Å². The molecular formula is C17H12FN5O4S. The third kappa shape index (κ3) is 3.39. The van der Waals surface area contributed by atoms with E-state index in [0.717, 1.165) is 16.0 Å². The van der Waals surface area contributed by atoms with Crippen LogP contribution in [0.2, 0.25) is 0 Å². The third-order valence-electron chi connectivity index (χ3n) is 3.87. The standard InChI is InChI=1S/C17H12FN5O4S/c1-8(24)23-7-9(6-19-23)10-2-3-11-17(16(10)18)28-14(20-11)4-12-21-22-13(27-12)5-15(25)26/h2-3,6-7H,4-5H2,1H3,(H,25,26). The number of hydrogen-bond donors (Lipinski definition) is 1. The summed E-state index contributed by atoms with van der Waals surface area (Å²) in [6, 6.07) is 3.27. The van der Waals surface area contributed by atoms with Crippen molar-refractivity contribution in [2.24, 2.45) is 0 Å². The summed E-state index contributed by atoms with van der Waals surface area (Å²) < 4.78 is 21.8. The Labute approximate surface area is 160 Å². The van der Waals surface area contributed by atoms with Gasteiger partial charge in [0.05, 0.1) is 22.8 Å². The Morgan fingerprint density at radius 1 is 1.29 bits per heavy atom. The molecule has 1 aromatic carbocycles. The first-order chi connectivity index (χ1) is 13.4. The van der Waals surface area contributed by atoms with E-state index in [0.29, 0.717) is 26.4 Å². The maximum atomic E-state index is 15.0. The largest absolute Gasteiger partial charge is 0.481 e. The number of carboxylic acids is 1. The van der Waals surface area contributed by atoms with Gasteiger partial charge in [-0.15, -0.1) is 21.5 Å². The minimum absolute atomic E-state index is 0.000406. The maximum absolute atomic E-state index is 15.0. The van der Waals surface area contributed by atoms with Crippen LogP contribution in [0.5, 0.6) is 0 Å². The van der Waals surface area contributed by atoms with Gasteiger partial charge in [-0.25, -0.2) is 14.1 Å². The number of aromatic nitrogens is 5. The Morgan fingerprint density at radius 3 is 2.79 bits per heavy atom. The van der Waals surface area contributed by atoms with Gasteiger partial charge in [-0.1, -0.05) is 0 Å². The molecule has 9 nitrogen and oxygen atoms in total. The number of nitrogens with zero attached hydrogens (tertiary/aromatic N) is 5. The summed E-state index contributed by atoms with van der Waals surface area (Å²) in [6.45, 7) is 1.37. The van der Waals surface area contributed by atoms with Crippen LogP contribution in [0.3, 0.4) is 0 Å². The number of halogens is 1. The van der Waals surface area contributed by atoms with Gasteiger partial charge in [0, 0.05) is 24.2 Å². The second-order valence-electron chi connectivity index (χ2n) is 5.91. The van der Waals surface area contributed by atoms with Crippen LogP contribution in [0.25, 0.3) is 21.3 Å². The van der Waals surface area contributed by atoms with Crippen molar-refractivity contribution >= 4 is 33.4 Å². The summed E-state index contributed by atoms with van der Waals surface area (Å²) in [4.78, 5) is 26.4. The molecule has 4 aromatic rings. The van der Waals surface area contributed by atoms with Gasteiger partial charge in [0.25, 0.3) is 0 Å². The van der Waals surface area contributed by atoms with Gasteiger partial charge in [0.2, 0.25) is 17.7 Å². The molecular weight excluding hydrogens is 389 g/mol. The minimum Gasteiger partial charge on any atom is -0.481 e. The first-order valence-corrected chi connectivity index (χ1v) is 8.89. The molecule has 0 spiro atoms. The SMILES string of the molecule is CC(=O)n1cc(-c2ccc3nc(Cc4nnc(CC(=O)O)o4)sc3c2F)cn1. The van der Waals surface area contributed by atoms with E-state index in [1.54, 1.807) is 12.1 Å². The average molecular weight is 401 g/mol. The fraction of sp³-hybridized carbons (Fsp3) is 0.176. The third-order valence-corrected chi connectivity index (χ3v) is 4.93. The van der Waals surface area contributed by atoms with Crippen molar-refractivity contribution in [2.45, 2.75) is 19.8 Å². The molecule has 3 heterocycles. The van der Waals surface area contributed by atoms with Crippen molar-refractivity contribution < 1.29 is 23.5 Å². The molecule has 0 saturated heterocycles. The van der Waals surface area contributed by atoms with Crippen LogP contribution in [0.4, 0.5) is 4.39 Å². The van der Waals surface area contributed by atoms with Gasteiger partial charge >= 0.3 is 5.97 Å². The van der Waals surface area contributed by atoms with Crippen LogP contribution >= 0.6 is 11.3 Å². The molecule has 1 N–H and O–H groups in total. The highest BCUT2D eigenvalue weighted by molar-refractivity contribution is 7.18. The molecule has 0 aliphatic rings. The molecule has 0 bridgehead atoms. The van der Waals surface area contributed by atoms with Gasteiger partial charge in [-0.3, -0.25) is 9.59 Å². The topological polar surface area (TPSA) is 124 Å². The van der Waals surface area contributed by atoms with Crippen LogP contribution in [0.1, 0.15) is 28.5 Å². The summed E-state index contributed by atoms with van der Waals surface area (Å²) >= 11 is 1.14. The zero-order valence-corrected chi connectivity index (χ0v) is 15.2. The Hall–Kier alpha value is -3.47. The van der Waals surface area contributed by atoms with E-state index in [9.17, 15) is 14.0 Å². The second kappa shape index (κ2) is 6.93. The Balaban J connectivity index is 1.63. The van der Waals surface area contributed by atoms with E-state index in [1.165, 1.54) is 19.3 Å². The van der Waals surface area contributed by atoms with E-state index in [1.807, 2.05) is 0 Å². The lowest BCUT2D eigenvalue weighted by molar-refractivity contribution is -0.136. The van der Waals surface area contributed by atoms with Crippen LogP contribution in [-0.4, -0.2) is 41.9 Å². The number of carbonyl (C=O) groups is 2. The summed E-state index contributed by atoms with van der Waals surface area (Å²) in [6.07, 6.45) is 2.70. The number of hydrogen-bond acceptors (Lipinski definition) is 8. The molecule has 11 heteroatoms. The highest BCUT2D eigenvalue weighted by Crippen LogP contribution is 2.32. The summed E-state index contributed by atoms with van der Waals surface area (Å²) in [7, 11) is 0. The summed E-state index contributed by atoms with van der Waals surface area (Å²) in [5, 5.41) is 20.7. The number of thiazole rings is 1. The number of carbonyl (C=O) groups excluding carboxylic acids is 1. The average Bonchev–Trinajstić information content (AvgIpc) is 3.34. The van der Waals surface area contributed by atoms with Gasteiger partial charge in [-0.2, -0.15) is 5.10 Å². The van der Waals surface area contributed by atoms with Crippen molar-refractivity contribution in [3.63, 3.8) is 0 Å². The molecule has 0 unspecified atom stereocenters. The highest BCUT2D eigenvalue weighted by atomic mass is 32.1. The summed E-state index contributed by atoms with van der Waals surface area (Å²) in [5.74, 6) is -1.59. The van der Waals surface area contributed by atoms with E-state index >= 15 is 0 Å². The van der Waals surface area contributed by atoms with Crippen molar-refractivity contribution in [2.75, 3.05) is 0 Å². The van der Waals surface area contributed by atoms with Crippen molar-refractivity contribution in [1.29, 1.82) is 0 Å². The molecule has 0 fully saturated rings. The minimum atomic E-state index is -1.07. The van der Waals surface area contributed by atoms with Crippen molar-refractivity contribution in [3.8, 4) is 11.1 Å². The fourth-order valence-corrected chi connectivity index (χ4v) is 3.62. The predicted octanol–water partition coefficient (Wildman–Crippen LogP) is 2.56. The van der Waals surface area contributed by atoms with E-state index in [2.05, 4.69) is 20.3 Å². The van der Waals surface area contributed by atoms with Gasteiger partial charge in [0.15, 0.2) is 5.82 Å². The molecule has 3 aromatic heterocycles. The Kier molecular flexibility index (Phi) is 4.43. The molecule has 4 rings (SSSR count). The van der Waals surface area contributed by atoms with E-state index < -0.39 is 11.8 Å². The lowest BCUT2D eigenvalue weighted by Crippen LogP contribution is -2.04. The molecule has 0 saturated carbocycles. The van der Waals surface area contributed by atoms with E-state index in [-0.39, 0.29) is 30.5 Å². The smallest absolute Gasteiger partial charge is 0.312 e. The Bertz CT molecular complexity index is 1210. The van der Waals surface area contributed by atoms with Crippen LogP contribution in [0, 0.1) is 5.82 Å². The van der Waals surface area contributed by atoms with Crippen LogP contribution in [0.15, 0.2) is 28.9 Å². The molecule has 0 aliphatic heterocycles. The first-order valence-electron chi connectivity index (χ1n) is 8.07. The molecule has 0 amide bonds. The van der Waals surface area contributed by atoms with Gasteiger partial charge < -0.3 is 9.52 Å². The molecule has 0 atom stereocenters. The van der Waals surface area contributed by atoms with Gasteiger partial charge in [0.1, 0.15) is 11.4 Å². The van der Waals surface area contributed by atoms with Gasteiger partial charge in [-0.05, 0) is 12.1 Å². The molecule has 28 heavy (non-hydrogen) atoms. The van der Waals surface area contributed by atoms with E-state index in [4.69, 9.17) is 9.52 Å². The predicted molar refractivity (Wildman–Crippen MR) is 95.5 cm³/mol.